The van der Waals surface area contributed by atoms with E-state index in [1.165, 1.54) is 0 Å². The zero-order valence-electron chi connectivity index (χ0n) is 16.7. The molecule has 0 aliphatic carbocycles. The average Bonchev–Trinajstić information content (AvgIpc) is 2.61. The van der Waals surface area contributed by atoms with Crippen molar-refractivity contribution in [1.29, 1.82) is 0 Å². The summed E-state index contributed by atoms with van der Waals surface area (Å²) in [6.45, 7) is 10.1. The molecule has 1 fully saturated rings. The number of benzene rings is 1. The molecule has 0 saturated carbocycles. The summed E-state index contributed by atoms with van der Waals surface area (Å²) in [5.41, 5.74) is 0.473. The Hall–Kier alpha value is -2.12. The van der Waals surface area contributed by atoms with Gasteiger partial charge in [-0.3, -0.25) is 4.79 Å². The number of carbonyl (C=O) groups is 2. The number of alkyl carbamates (subject to hydrolysis) is 1. The Balaban J connectivity index is 1.76. The van der Waals surface area contributed by atoms with Gasteiger partial charge in [0, 0.05) is 18.0 Å². The van der Waals surface area contributed by atoms with E-state index < -0.39 is 23.4 Å². The molecule has 2 atom stereocenters. The third-order valence-corrected chi connectivity index (χ3v) is 4.30. The summed E-state index contributed by atoms with van der Waals surface area (Å²) in [5, 5.41) is 5.54. The molecular formula is C20H30N2O5. The topological polar surface area (TPSA) is 85.9 Å². The Morgan fingerprint density at radius 2 is 1.89 bits per heavy atom. The zero-order valence-corrected chi connectivity index (χ0v) is 16.7. The van der Waals surface area contributed by atoms with Crippen LogP contribution in [0, 0.1) is 5.41 Å². The van der Waals surface area contributed by atoms with Crippen molar-refractivity contribution in [3.8, 4) is 0 Å². The van der Waals surface area contributed by atoms with Crippen molar-refractivity contribution in [2.75, 3.05) is 13.2 Å². The minimum absolute atomic E-state index is 0.199. The van der Waals surface area contributed by atoms with E-state index in [2.05, 4.69) is 10.6 Å². The van der Waals surface area contributed by atoms with Crippen molar-refractivity contribution >= 4 is 12.0 Å². The Bertz CT molecular complexity index is 645. The van der Waals surface area contributed by atoms with Gasteiger partial charge in [0.2, 0.25) is 5.91 Å². The van der Waals surface area contributed by atoms with Gasteiger partial charge < -0.3 is 24.8 Å². The van der Waals surface area contributed by atoms with Gasteiger partial charge in [0.1, 0.15) is 12.7 Å². The molecule has 2 amide bonds. The van der Waals surface area contributed by atoms with E-state index in [1.54, 1.807) is 20.8 Å². The molecule has 1 aliphatic rings. The summed E-state index contributed by atoms with van der Waals surface area (Å²) in [6, 6.07) is 9.15. The Labute approximate surface area is 160 Å². The van der Waals surface area contributed by atoms with Gasteiger partial charge in [-0.25, -0.2) is 4.79 Å². The predicted octanol–water partition coefficient (Wildman–Crippen LogP) is 2.60. The number of hydrogen-bond donors (Lipinski definition) is 2. The second-order valence-corrected chi connectivity index (χ2v) is 8.03. The van der Waals surface area contributed by atoms with Crippen LogP contribution in [-0.4, -0.2) is 43.1 Å². The molecule has 27 heavy (non-hydrogen) atoms. The van der Waals surface area contributed by atoms with Crippen LogP contribution in [0.2, 0.25) is 0 Å². The number of ether oxygens (including phenoxy) is 3. The van der Waals surface area contributed by atoms with Crippen molar-refractivity contribution in [2.45, 2.75) is 59.2 Å². The van der Waals surface area contributed by atoms with Gasteiger partial charge in [-0.15, -0.1) is 0 Å². The maximum absolute atomic E-state index is 12.6. The molecule has 0 bridgehead atoms. The molecule has 1 saturated heterocycles. The minimum atomic E-state index is -0.803. The molecule has 1 aromatic rings. The molecule has 0 spiro atoms. The van der Waals surface area contributed by atoms with E-state index in [0.29, 0.717) is 6.61 Å². The maximum Gasteiger partial charge on any atom is 0.407 e. The van der Waals surface area contributed by atoms with E-state index in [4.69, 9.17) is 14.2 Å². The van der Waals surface area contributed by atoms with E-state index in [9.17, 15) is 9.59 Å². The fourth-order valence-electron chi connectivity index (χ4n) is 2.68. The van der Waals surface area contributed by atoms with Crippen LogP contribution in [0.15, 0.2) is 30.3 Å². The first-order valence-corrected chi connectivity index (χ1v) is 9.16. The first-order chi connectivity index (χ1) is 12.6. The van der Waals surface area contributed by atoms with E-state index in [0.717, 1.165) is 5.56 Å². The number of hydrogen-bond acceptors (Lipinski definition) is 5. The fraction of sp³-hybridized carbons (Fsp3) is 0.600. The van der Waals surface area contributed by atoms with Crippen molar-refractivity contribution in [3.63, 3.8) is 0 Å². The van der Waals surface area contributed by atoms with Crippen molar-refractivity contribution in [2.24, 2.45) is 5.41 Å². The number of rotatable bonds is 6. The van der Waals surface area contributed by atoms with Crippen molar-refractivity contribution < 1.29 is 23.8 Å². The predicted molar refractivity (Wildman–Crippen MR) is 101 cm³/mol. The molecule has 7 heteroatoms. The molecule has 0 aromatic heterocycles. The monoisotopic (exact) mass is 378 g/mol. The SMILES string of the molecule is CC(CNC(=O)[C@@H]1OC(C)(C)OCC1(C)C)NC(=O)OCc1ccccc1. The first-order valence-electron chi connectivity index (χ1n) is 9.16. The van der Waals surface area contributed by atoms with Gasteiger partial charge in [0.15, 0.2) is 5.79 Å². The highest BCUT2D eigenvalue weighted by Gasteiger charge is 2.45. The second-order valence-electron chi connectivity index (χ2n) is 8.03. The van der Waals surface area contributed by atoms with Crippen LogP contribution < -0.4 is 10.6 Å². The third-order valence-electron chi connectivity index (χ3n) is 4.30. The lowest BCUT2D eigenvalue weighted by molar-refractivity contribution is -0.304. The van der Waals surface area contributed by atoms with Gasteiger partial charge in [0.25, 0.3) is 0 Å². The van der Waals surface area contributed by atoms with E-state index >= 15 is 0 Å². The zero-order chi connectivity index (χ0) is 20.1. The van der Waals surface area contributed by atoms with Crippen LogP contribution in [0.4, 0.5) is 4.79 Å². The standard InChI is InChI=1S/C20H30N2O5/c1-14(22-18(24)25-12-15-9-7-6-8-10-15)11-21-17(23)16-19(2,3)13-26-20(4,5)27-16/h6-10,14,16H,11-13H2,1-5H3,(H,21,23)(H,22,24)/t14?,16-/m0/s1. The normalized spacial score (nSPS) is 21.7. The molecule has 1 aliphatic heterocycles. The highest BCUT2D eigenvalue weighted by Crippen LogP contribution is 2.34. The largest absolute Gasteiger partial charge is 0.445 e. The third kappa shape index (κ3) is 6.52. The minimum Gasteiger partial charge on any atom is -0.445 e. The van der Waals surface area contributed by atoms with Gasteiger partial charge in [0.05, 0.1) is 6.61 Å². The van der Waals surface area contributed by atoms with Gasteiger partial charge in [-0.05, 0) is 26.3 Å². The average molecular weight is 378 g/mol. The van der Waals surface area contributed by atoms with Crippen LogP contribution in [0.25, 0.3) is 0 Å². The van der Waals surface area contributed by atoms with Gasteiger partial charge in [-0.2, -0.15) is 0 Å². The quantitative estimate of drug-likeness (QED) is 0.795. The molecule has 2 N–H and O–H groups in total. The van der Waals surface area contributed by atoms with Crippen LogP contribution in [-0.2, 0) is 25.6 Å². The van der Waals surface area contributed by atoms with Crippen LogP contribution in [0.5, 0.6) is 0 Å². The fourth-order valence-corrected chi connectivity index (χ4v) is 2.68. The first kappa shape index (κ1) is 21.2. The molecule has 150 valence electrons. The number of nitrogens with one attached hydrogen (secondary N) is 2. The maximum atomic E-state index is 12.6. The molecule has 1 aromatic carbocycles. The lowest BCUT2D eigenvalue weighted by Crippen LogP contribution is -2.57. The van der Waals surface area contributed by atoms with Gasteiger partial charge in [-0.1, -0.05) is 44.2 Å². The number of amides is 2. The van der Waals surface area contributed by atoms with Crippen molar-refractivity contribution in [3.05, 3.63) is 35.9 Å². The highest BCUT2D eigenvalue weighted by atomic mass is 16.7. The van der Waals surface area contributed by atoms with Crippen LogP contribution in [0.1, 0.15) is 40.2 Å². The summed E-state index contributed by atoms with van der Waals surface area (Å²) >= 11 is 0. The number of carbonyl (C=O) groups excluding carboxylic acids is 2. The second kappa shape index (κ2) is 8.71. The Morgan fingerprint density at radius 3 is 2.56 bits per heavy atom. The summed E-state index contributed by atoms with van der Waals surface area (Å²) in [7, 11) is 0. The summed E-state index contributed by atoms with van der Waals surface area (Å²) in [4.78, 5) is 24.4. The van der Waals surface area contributed by atoms with E-state index in [1.807, 2.05) is 44.2 Å². The summed E-state index contributed by atoms with van der Waals surface area (Å²) in [6.07, 6.45) is -1.15. The smallest absolute Gasteiger partial charge is 0.407 e. The molecule has 1 heterocycles. The molecule has 1 unspecified atom stereocenters. The molecule has 0 radical (unpaired) electrons. The Kier molecular flexibility index (Phi) is 6.84. The van der Waals surface area contributed by atoms with Gasteiger partial charge >= 0.3 is 6.09 Å². The van der Waals surface area contributed by atoms with Crippen LogP contribution >= 0.6 is 0 Å². The summed E-state index contributed by atoms with van der Waals surface area (Å²) < 4.78 is 16.6. The Morgan fingerprint density at radius 1 is 1.22 bits per heavy atom. The molecule has 2 rings (SSSR count). The molecular weight excluding hydrogens is 348 g/mol. The van der Waals surface area contributed by atoms with Crippen LogP contribution in [0.3, 0.4) is 0 Å². The van der Waals surface area contributed by atoms with Crippen molar-refractivity contribution in [1.82, 2.24) is 10.6 Å². The molecule has 7 nitrogen and oxygen atoms in total. The lowest BCUT2D eigenvalue weighted by atomic mass is 9.85. The highest BCUT2D eigenvalue weighted by molar-refractivity contribution is 5.82. The lowest BCUT2D eigenvalue weighted by Gasteiger charge is -2.44. The summed E-state index contributed by atoms with van der Waals surface area (Å²) in [5.74, 6) is -1.02. The van der Waals surface area contributed by atoms with E-state index in [-0.39, 0.29) is 25.1 Å².